The molecule has 0 aliphatic carbocycles. The molecule has 202 valence electrons. The van der Waals surface area contributed by atoms with Gasteiger partial charge in [-0.2, -0.15) is 0 Å². The Bertz CT molecular complexity index is 629. The molecule has 0 radical (unpaired) electrons. The fourth-order valence-electron chi connectivity index (χ4n) is 3.38. The fourth-order valence-corrected chi connectivity index (χ4v) is 4.14. The summed E-state index contributed by atoms with van der Waals surface area (Å²) in [4.78, 5) is 12.5. The van der Waals surface area contributed by atoms with Gasteiger partial charge in [0.05, 0.1) is 18.3 Å². The zero-order valence-corrected chi connectivity index (χ0v) is 23.4. The predicted octanol–water partition coefficient (Wildman–Crippen LogP) is 6.52. The lowest BCUT2D eigenvalue weighted by atomic mass is 10.1. The van der Waals surface area contributed by atoms with Gasteiger partial charge in [-0.15, -0.1) is 11.8 Å². The summed E-state index contributed by atoms with van der Waals surface area (Å²) in [6.07, 6.45) is 5.44. The standard InChI is InChI=1S/C28H48O6S/c1-6-10-18-30-21-25(27(32-20-12-8-3)23(5)31-19-11-7-2)34-26(35-9-4)22-33-28(29)24-16-14-13-15-17-24/h13-17,23,25-27H,6-12,18-22H2,1-5H3/t23-,25?,26-,27+/m1/s1. The molecule has 0 heterocycles. The molecule has 0 saturated carbocycles. The van der Waals surface area contributed by atoms with Crippen molar-refractivity contribution < 1.29 is 28.5 Å². The van der Waals surface area contributed by atoms with E-state index in [0.29, 0.717) is 32.0 Å². The SMILES string of the molecule is CCCCOCC(O[C@@H](COC(=O)c1ccccc1)SCC)[C@@H](OCCCC)[C@@H](C)OCCCC. The molecule has 0 spiro atoms. The van der Waals surface area contributed by atoms with Gasteiger partial charge >= 0.3 is 5.97 Å². The van der Waals surface area contributed by atoms with Gasteiger partial charge in [0.1, 0.15) is 24.3 Å². The molecule has 0 amide bonds. The maximum atomic E-state index is 12.5. The lowest BCUT2D eigenvalue weighted by Crippen LogP contribution is -2.46. The summed E-state index contributed by atoms with van der Waals surface area (Å²) in [6.45, 7) is 13.1. The maximum Gasteiger partial charge on any atom is 0.338 e. The average molecular weight is 513 g/mol. The largest absolute Gasteiger partial charge is 0.458 e. The normalized spacial score (nSPS) is 14.9. The molecule has 0 fully saturated rings. The van der Waals surface area contributed by atoms with Gasteiger partial charge in [-0.3, -0.25) is 0 Å². The summed E-state index contributed by atoms with van der Waals surface area (Å²) in [7, 11) is 0. The lowest BCUT2D eigenvalue weighted by Gasteiger charge is -2.34. The zero-order valence-electron chi connectivity index (χ0n) is 22.5. The molecule has 1 unspecified atom stereocenters. The van der Waals surface area contributed by atoms with Crippen molar-refractivity contribution in [3.05, 3.63) is 35.9 Å². The summed E-state index contributed by atoms with van der Waals surface area (Å²) >= 11 is 1.61. The molecule has 0 N–H and O–H groups in total. The van der Waals surface area contributed by atoms with E-state index in [-0.39, 0.29) is 36.3 Å². The highest BCUT2D eigenvalue weighted by Gasteiger charge is 2.32. The number of carbonyl (C=O) groups is 1. The van der Waals surface area contributed by atoms with Crippen molar-refractivity contribution in [1.82, 2.24) is 0 Å². The van der Waals surface area contributed by atoms with Crippen LogP contribution in [-0.2, 0) is 23.7 Å². The van der Waals surface area contributed by atoms with Crippen LogP contribution >= 0.6 is 11.8 Å². The van der Waals surface area contributed by atoms with Gasteiger partial charge in [0, 0.05) is 19.8 Å². The molecule has 0 bridgehead atoms. The molecule has 1 aromatic rings. The minimum atomic E-state index is -0.348. The first kappa shape index (κ1) is 31.9. The Labute approximate surface area is 217 Å². The van der Waals surface area contributed by atoms with Gasteiger partial charge in [-0.05, 0) is 44.1 Å². The average Bonchev–Trinajstić information content (AvgIpc) is 2.87. The van der Waals surface area contributed by atoms with Crippen molar-refractivity contribution in [2.45, 2.75) is 96.9 Å². The van der Waals surface area contributed by atoms with Crippen molar-refractivity contribution in [3.63, 3.8) is 0 Å². The van der Waals surface area contributed by atoms with Crippen LogP contribution in [0.5, 0.6) is 0 Å². The third-order valence-electron chi connectivity index (χ3n) is 5.48. The van der Waals surface area contributed by atoms with E-state index in [4.69, 9.17) is 23.7 Å². The highest BCUT2D eigenvalue weighted by Crippen LogP contribution is 2.22. The number of hydrogen-bond donors (Lipinski definition) is 0. The van der Waals surface area contributed by atoms with Crippen LogP contribution in [0.2, 0.25) is 0 Å². The van der Waals surface area contributed by atoms with Crippen LogP contribution in [0.25, 0.3) is 0 Å². The van der Waals surface area contributed by atoms with Gasteiger partial charge in [0.2, 0.25) is 0 Å². The van der Waals surface area contributed by atoms with E-state index >= 15 is 0 Å². The highest BCUT2D eigenvalue weighted by atomic mass is 32.2. The van der Waals surface area contributed by atoms with Crippen LogP contribution in [0.1, 0.15) is 83.5 Å². The Morgan fingerprint density at radius 1 is 0.857 bits per heavy atom. The van der Waals surface area contributed by atoms with E-state index in [1.807, 2.05) is 25.1 Å². The number of ether oxygens (including phenoxy) is 5. The fraction of sp³-hybridized carbons (Fsp3) is 0.750. The van der Waals surface area contributed by atoms with Gasteiger partial charge in [0.15, 0.2) is 0 Å². The first-order valence-corrected chi connectivity index (χ1v) is 14.4. The Hall–Kier alpha value is -1.12. The third kappa shape index (κ3) is 14.3. The Kier molecular flexibility index (Phi) is 19.2. The molecular formula is C28H48O6S. The first-order chi connectivity index (χ1) is 17.1. The molecular weight excluding hydrogens is 464 g/mol. The van der Waals surface area contributed by atoms with Gasteiger partial charge < -0.3 is 23.7 Å². The van der Waals surface area contributed by atoms with Gasteiger partial charge in [-0.1, -0.05) is 65.2 Å². The molecule has 6 nitrogen and oxygen atoms in total. The number of unbranched alkanes of at least 4 members (excludes halogenated alkanes) is 3. The Balaban J connectivity index is 2.92. The molecule has 7 heteroatoms. The highest BCUT2D eigenvalue weighted by molar-refractivity contribution is 7.99. The number of esters is 1. The van der Waals surface area contributed by atoms with Crippen LogP contribution in [-0.4, -0.2) is 68.5 Å². The second-order valence-electron chi connectivity index (χ2n) is 8.57. The molecule has 4 atom stereocenters. The van der Waals surface area contributed by atoms with Crippen molar-refractivity contribution in [2.75, 3.05) is 38.8 Å². The lowest BCUT2D eigenvalue weighted by molar-refractivity contribution is -0.160. The van der Waals surface area contributed by atoms with Crippen LogP contribution in [0.4, 0.5) is 0 Å². The number of rotatable bonds is 22. The maximum absolute atomic E-state index is 12.5. The van der Waals surface area contributed by atoms with Crippen molar-refractivity contribution >= 4 is 17.7 Å². The van der Waals surface area contributed by atoms with Gasteiger partial charge in [0.25, 0.3) is 0 Å². The van der Waals surface area contributed by atoms with Crippen molar-refractivity contribution in [3.8, 4) is 0 Å². The minimum absolute atomic E-state index is 0.141. The summed E-state index contributed by atoms with van der Waals surface area (Å²) in [5.41, 5.74) is 0.207. The topological polar surface area (TPSA) is 63.2 Å². The van der Waals surface area contributed by atoms with Crippen molar-refractivity contribution in [2.24, 2.45) is 0 Å². The second-order valence-corrected chi connectivity index (χ2v) is 10.0. The van der Waals surface area contributed by atoms with Crippen LogP contribution in [0.15, 0.2) is 30.3 Å². The summed E-state index contributed by atoms with van der Waals surface area (Å²) < 4.78 is 30.6. The smallest absolute Gasteiger partial charge is 0.338 e. The number of carbonyl (C=O) groups excluding carboxylic acids is 1. The van der Waals surface area contributed by atoms with Crippen LogP contribution < -0.4 is 0 Å². The molecule has 35 heavy (non-hydrogen) atoms. The molecule has 1 aromatic carbocycles. The monoisotopic (exact) mass is 512 g/mol. The van der Waals surface area contributed by atoms with E-state index in [9.17, 15) is 4.79 Å². The van der Waals surface area contributed by atoms with Crippen LogP contribution in [0.3, 0.4) is 0 Å². The van der Waals surface area contributed by atoms with E-state index in [1.54, 1.807) is 23.9 Å². The third-order valence-corrected chi connectivity index (χ3v) is 6.43. The Morgan fingerprint density at radius 2 is 1.49 bits per heavy atom. The molecule has 0 aliphatic heterocycles. The molecule has 0 saturated heterocycles. The predicted molar refractivity (Wildman–Crippen MR) is 144 cm³/mol. The second kappa shape index (κ2) is 21.0. The molecule has 0 aromatic heterocycles. The Morgan fingerprint density at radius 3 is 2.11 bits per heavy atom. The number of thioether (sulfide) groups is 1. The summed E-state index contributed by atoms with van der Waals surface area (Å²) in [6, 6.07) is 9.03. The number of hydrogen-bond acceptors (Lipinski definition) is 7. The summed E-state index contributed by atoms with van der Waals surface area (Å²) in [5.74, 6) is 0.486. The van der Waals surface area contributed by atoms with Gasteiger partial charge in [-0.25, -0.2) is 4.79 Å². The van der Waals surface area contributed by atoms with E-state index in [2.05, 4.69) is 27.7 Å². The molecule has 0 aliphatic rings. The first-order valence-electron chi connectivity index (χ1n) is 13.4. The quantitative estimate of drug-likeness (QED) is 0.0996. The van der Waals surface area contributed by atoms with E-state index in [0.717, 1.165) is 44.3 Å². The minimum Gasteiger partial charge on any atom is -0.458 e. The van der Waals surface area contributed by atoms with E-state index in [1.165, 1.54) is 0 Å². The number of benzene rings is 1. The summed E-state index contributed by atoms with van der Waals surface area (Å²) in [5, 5.41) is 0. The van der Waals surface area contributed by atoms with Crippen molar-refractivity contribution in [1.29, 1.82) is 0 Å². The zero-order chi connectivity index (χ0) is 25.7. The molecule has 1 rings (SSSR count). The van der Waals surface area contributed by atoms with E-state index < -0.39 is 0 Å². The van der Waals surface area contributed by atoms with Crippen LogP contribution in [0, 0.1) is 0 Å².